The van der Waals surface area contributed by atoms with Gasteiger partial charge in [-0.3, -0.25) is 0 Å². The Kier molecular flexibility index (Phi) is 7.99. The minimum Gasteiger partial charge on any atom is -0.457 e. The van der Waals surface area contributed by atoms with Crippen LogP contribution in [0.2, 0.25) is 0 Å². The molecular weight excluding hydrogens is 879 g/mol. The summed E-state index contributed by atoms with van der Waals surface area (Å²) in [6, 6.07) is 90.4. The summed E-state index contributed by atoms with van der Waals surface area (Å²) in [5.74, 6) is 3.47. The first-order valence-corrected chi connectivity index (χ1v) is 24.7. The molecule has 2 spiro atoms. The number of benzene rings is 11. The van der Waals surface area contributed by atoms with Crippen LogP contribution in [0.15, 0.2) is 253 Å². The zero-order valence-corrected chi connectivity index (χ0v) is 38.8. The molecule has 0 N–H and O–H groups in total. The van der Waals surface area contributed by atoms with Gasteiger partial charge in [-0.25, -0.2) is 0 Å². The van der Waals surface area contributed by atoms with E-state index in [1.807, 2.05) is 12.1 Å². The molecule has 0 radical (unpaired) electrons. The Labute approximate surface area is 416 Å². The number of hydrogen-bond donors (Lipinski definition) is 0. The summed E-state index contributed by atoms with van der Waals surface area (Å²) in [7, 11) is 0. The number of nitrogens with zero attached hydrogens (tertiary/aromatic N) is 1. The Morgan fingerprint density at radius 1 is 0.292 bits per heavy atom. The van der Waals surface area contributed by atoms with Crippen LogP contribution in [-0.4, -0.2) is 0 Å². The third-order valence-corrected chi connectivity index (χ3v) is 16.0. The summed E-state index contributed by atoms with van der Waals surface area (Å²) in [6.45, 7) is 0. The highest BCUT2D eigenvalue weighted by molar-refractivity contribution is 6.06. The largest absolute Gasteiger partial charge is 0.457 e. The van der Waals surface area contributed by atoms with E-state index in [1.54, 1.807) is 0 Å². The fraction of sp³-hybridized carbons (Fsp3) is 0.0294. The van der Waals surface area contributed by atoms with Crippen LogP contribution in [0.4, 0.5) is 17.1 Å². The Morgan fingerprint density at radius 2 is 0.764 bits per heavy atom. The molecule has 4 heteroatoms. The van der Waals surface area contributed by atoms with E-state index in [9.17, 15) is 0 Å². The molecule has 3 heterocycles. The van der Waals surface area contributed by atoms with Gasteiger partial charge in [-0.2, -0.15) is 0 Å². The molecule has 1 aromatic heterocycles. The SMILES string of the molecule is c1ccc2c(c1)Oc1ccccc1C21c2ccccc2-c2ccc(N(c3ccc(-c4ccc5oc6ccccc6c5c4)cc3)c3cccc4c3C3(c5ccccc5Oc5ccccc53)c3ccccc3-4)cc21. The Bertz CT molecular complexity index is 4170. The number of hydrogen-bond acceptors (Lipinski definition) is 4. The lowest BCUT2D eigenvalue weighted by atomic mass is 9.65. The molecule has 11 aromatic carbocycles. The van der Waals surface area contributed by atoms with Crippen molar-refractivity contribution >= 4 is 39.0 Å². The molecule has 0 saturated carbocycles. The van der Waals surface area contributed by atoms with Crippen LogP contribution >= 0.6 is 0 Å². The average molecular weight is 920 g/mol. The molecule has 0 fully saturated rings. The van der Waals surface area contributed by atoms with Crippen molar-refractivity contribution in [2.24, 2.45) is 0 Å². The standard InChI is InChI=1S/C68H41NO3/c1-4-20-52-46(16-1)48-38-37-45(41-58(48)67(52)54-22-6-11-28-62(54)71-63-29-12-7-23-55(63)67)69(44-35-32-42(33-36-44)43-34-39-61-51(40-43)49-18-3-10-27-60(49)70-61)59-26-15-19-50-47-17-2-5-21-53(47)68(66(50)59)56-24-8-13-30-64(56)72-65-31-14-9-25-57(65)68/h1-41H. The minimum absolute atomic E-state index is 0.645. The van der Waals surface area contributed by atoms with E-state index in [0.29, 0.717) is 0 Å². The molecule has 72 heavy (non-hydrogen) atoms. The fourth-order valence-electron chi connectivity index (χ4n) is 13.2. The van der Waals surface area contributed by atoms with Gasteiger partial charge in [-0.15, -0.1) is 0 Å². The predicted octanol–water partition coefficient (Wildman–Crippen LogP) is 17.7. The van der Waals surface area contributed by atoms with E-state index in [0.717, 1.165) is 95.4 Å². The molecule has 0 atom stereocenters. The van der Waals surface area contributed by atoms with Crippen molar-refractivity contribution in [1.29, 1.82) is 0 Å². The van der Waals surface area contributed by atoms with Crippen molar-refractivity contribution in [3.05, 3.63) is 293 Å². The van der Waals surface area contributed by atoms with Crippen LogP contribution < -0.4 is 14.4 Å². The van der Waals surface area contributed by atoms with Gasteiger partial charge in [0.05, 0.1) is 16.5 Å². The lowest BCUT2D eigenvalue weighted by Crippen LogP contribution is -2.33. The lowest BCUT2D eigenvalue weighted by molar-refractivity contribution is 0.436. The second-order valence-electron chi connectivity index (χ2n) is 19.4. The highest BCUT2D eigenvalue weighted by Gasteiger charge is 2.54. The molecule has 0 amide bonds. The van der Waals surface area contributed by atoms with Gasteiger partial charge in [0.1, 0.15) is 34.2 Å². The molecule has 0 unspecified atom stereocenters. The summed E-state index contributed by atoms with van der Waals surface area (Å²) < 4.78 is 19.9. The van der Waals surface area contributed by atoms with Crippen LogP contribution in [-0.2, 0) is 10.8 Å². The van der Waals surface area contributed by atoms with Crippen LogP contribution in [0.5, 0.6) is 23.0 Å². The van der Waals surface area contributed by atoms with Gasteiger partial charge >= 0.3 is 0 Å². The first-order valence-electron chi connectivity index (χ1n) is 24.7. The summed E-state index contributed by atoms with van der Waals surface area (Å²) >= 11 is 0. The molecule has 0 saturated heterocycles. The van der Waals surface area contributed by atoms with Gasteiger partial charge in [0.2, 0.25) is 0 Å². The number of anilines is 3. The predicted molar refractivity (Wildman–Crippen MR) is 289 cm³/mol. The van der Waals surface area contributed by atoms with Crippen molar-refractivity contribution in [3.63, 3.8) is 0 Å². The van der Waals surface area contributed by atoms with Gasteiger partial charge in [-0.1, -0.05) is 176 Å². The van der Waals surface area contributed by atoms with E-state index >= 15 is 0 Å². The van der Waals surface area contributed by atoms with Crippen LogP contribution in [0.1, 0.15) is 44.5 Å². The number of para-hydroxylation sites is 5. The Morgan fingerprint density at radius 3 is 1.42 bits per heavy atom. The molecule has 4 nitrogen and oxygen atoms in total. The monoisotopic (exact) mass is 919 g/mol. The first-order chi connectivity index (χ1) is 35.7. The van der Waals surface area contributed by atoms with Crippen molar-refractivity contribution in [2.45, 2.75) is 10.8 Å². The molecule has 2 aliphatic carbocycles. The van der Waals surface area contributed by atoms with Crippen molar-refractivity contribution in [2.75, 3.05) is 4.90 Å². The van der Waals surface area contributed by atoms with E-state index in [2.05, 4.69) is 241 Å². The third kappa shape index (κ3) is 5.10. The minimum atomic E-state index is -0.707. The van der Waals surface area contributed by atoms with Crippen molar-refractivity contribution in [1.82, 2.24) is 0 Å². The fourth-order valence-corrected chi connectivity index (χ4v) is 13.2. The Balaban J connectivity index is 0.980. The molecule has 4 aliphatic rings. The Hall–Kier alpha value is -9.38. The van der Waals surface area contributed by atoms with Gasteiger partial charge in [-0.05, 0) is 123 Å². The number of furan rings is 1. The van der Waals surface area contributed by atoms with Gasteiger partial charge < -0.3 is 18.8 Å². The number of fused-ring (bicyclic) bond motifs is 21. The van der Waals surface area contributed by atoms with E-state index in [1.165, 1.54) is 44.5 Å². The summed E-state index contributed by atoms with van der Waals surface area (Å²) in [4.78, 5) is 2.51. The molecule has 0 bridgehead atoms. The summed E-state index contributed by atoms with van der Waals surface area (Å²) in [6.07, 6.45) is 0. The van der Waals surface area contributed by atoms with E-state index in [-0.39, 0.29) is 0 Å². The first kappa shape index (κ1) is 39.5. The van der Waals surface area contributed by atoms with Crippen molar-refractivity contribution < 1.29 is 13.9 Å². The second kappa shape index (κ2) is 14.6. The maximum absolute atomic E-state index is 6.84. The summed E-state index contributed by atoms with van der Waals surface area (Å²) in [5.41, 5.74) is 20.2. The van der Waals surface area contributed by atoms with Gasteiger partial charge in [0.25, 0.3) is 0 Å². The molecule has 2 aliphatic heterocycles. The maximum Gasteiger partial charge on any atom is 0.135 e. The molecular formula is C68H41NO3. The number of ether oxygens (including phenoxy) is 2. The van der Waals surface area contributed by atoms with Crippen LogP contribution in [0.25, 0.3) is 55.3 Å². The zero-order chi connectivity index (χ0) is 47.1. The second-order valence-corrected chi connectivity index (χ2v) is 19.4. The quantitative estimate of drug-likeness (QED) is 0.176. The molecule has 336 valence electrons. The normalized spacial score (nSPS) is 14.3. The molecule has 16 rings (SSSR count). The zero-order valence-electron chi connectivity index (χ0n) is 38.8. The van der Waals surface area contributed by atoms with Gasteiger partial charge in [0, 0.05) is 50.0 Å². The molecule has 12 aromatic rings. The van der Waals surface area contributed by atoms with Crippen LogP contribution in [0, 0.1) is 0 Å². The van der Waals surface area contributed by atoms with E-state index in [4.69, 9.17) is 13.9 Å². The maximum atomic E-state index is 6.84. The van der Waals surface area contributed by atoms with Crippen molar-refractivity contribution in [3.8, 4) is 56.4 Å². The average Bonchev–Trinajstić information content (AvgIpc) is 4.07. The highest BCUT2D eigenvalue weighted by Crippen LogP contribution is 2.66. The van der Waals surface area contributed by atoms with Crippen LogP contribution in [0.3, 0.4) is 0 Å². The number of rotatable bonds is 4. The smallest absolute Gasteiger partial charge is 0.135 e. The topological polar surface area (TPSA) is 34.8 Å². The summed E-state index contributed by atoms with van der Waals surface area (Å²) in [5, 5.41) is 2.23. The lowest BCUT2D eigenvalue weighted by Gasteiger charge is -2.42. The van der Waals surface area contributed by atoms with E-state index < -0.39 is 10.8 Å². The highest BCUT2D eigenvalue weighted by atomic mass is 16.5. The third-order valence-electron chi connectivity index (χ3n) is 16.0. The van der Waals surface area contributed by atoms with Gasteiger partial charge in [0.15, 0.2) is 0 Å².